The summed E-state index contributed by atoms with van der Waals surface area (Å²) in [6.45, 7) is 2.41. The first-order valence-corrected chi connectivity index (χ1v) is 10.9. The largest absolute Gasteiger partial charge is 0.321 e. The first-order chi connectivity index (χ1) is 12.8. The van der Waals surface area contributed by atoms with Crippen molar-refractivity contribution < 1.29 is 13.2 Å². The number of halogens is 2. The van der Waals surface area contributed by atoms with Gasteiger partial charge in [0.25, 0.3) is 5.91 Å². The molecule has 0 aromatic heterocycles. The van der Waals surface area contributed by atoms with E-state index in [-0.39, 0.29) is 16.5 Å². The van der Waals surface area contributed by atoms with Gasteiger partial charge in [-0.3, -0.25) is 4.79 Å². The molecule has 1 aliphatic heterocycles. The van der Waals surface area contributed by atoms with Crippen LogP contribution in [0.2, 0.25) is 10.0 Å². The van der Waals surface area contributed by atoms with Crippen LogP contribution in [0.4, 0.5) is 5.69 Å². The Labute approximate surface area is 169 Å². The fourth-order valence-electron chi connectivity index (χ4n) is 3.15. The molecular weight excluding hydrogens is 407 g/mol. The van der Waals surface area contributed by atoms with Gasteiger partial charge in [0.05, 0.1) is 15.6 Å². The van der Waals surface area contributed by atoms with Crippen LogP contribution in [0, 0.1) is 0 Å². The van der Waals surface area contributed by atoms with Gasteiger partial charge >= 0.3 is 0 Å². The SMILES string of the molecule is CC1CCCCN1S(=O)(=O)c1cccc(C(=O)Nc2cc(Cl)ccc2Cl)c1. The Balaban J connectivity index is 1.86. The Morgan fingerprint density at radius 1 is 1.15 bits per heavy atom. The molecule has 144 valence electrons. The number of hydrogen-bond donors (Lipinski definition) is 1. The number of rotatable bonds is 4. The molecule has 1 atom stereocenters. The number of anilines is 1. The first kappa shape index (κ1) is 20.1. The van der Waals surface area contributed by atoms with Gasteiger partial charge in [0.1, 0.15) is 0 Å². The quantitative estimate of drug-likeness (QED) is 0.762. The lowest BCUT2D eigenvalue weighted by molar-refractivity contribution is 0.102. The number of carbonyl (C=O) groups excluding carboxylic acids is 1. The molecule has 1 unspecified atom stereocenters. The lowest BCUT2D eigenvalue weighted by Gasteiger charge is -2.32. The van der Waals surface area contributed by atoms with Crippen molar-refractivity contribution >= 4 is 44.8 Å². The van der Waals surface area contributed by atoms with Crippen molar-refractivity contribution in [2.24, 2.45) is 0 Å². The zero-order valence-electron chi connectivity index (χ0n) is 14.8. The molecule has 1 N–H and O–H groups in total. The molecule has 27 heavy (non-hydrogen) atoms. The molecule has 1 saturated heterocycles. The van der Waals surface area contributed by atoms with Crippen molar-refractivity contribution in [2.75, 3.05) is 11.9 Å². The lowest BCUT2D eigenvalue weighted by Crippen LogP contribution is -2.41. The van der Waals surface area contributed by atoms with Crippen LogP contribution in [0.15, 0.2) is 47.4 Å². The lowest BCUT2D eigenvalue weighted by atomic mass is 10.1. The molecular formula is C19H20Cl2N2O3S. The highest BCUT2D eigenvalue weighted by molar-refractivity contribution is 7.89. The molecule has 2 aromatic carbocycles. The van der Waals surface area contributed by atoms with E-state index in [2.05, 4.69) is 5.32 Å². The van der Waals surface area contributed by atoms with E-state index in [1.165, 1.54) is 22.5 Å². The zero-order chi connectivity index (χ0) is 19.6. The molecule has 1 aliphatic rings. The minimum Gasteiger partial charge on any atom is -0.321 e. The summed E-state index contributed by atoms with van der Waals surface area (Å²) in [5.74, 6) is -0.456. The van der Waals surface area contributed by atoms with Crippen LogP contribution < -0.4 is 5.32 Å². The summed E-state index contributed by atoms with van der Waals surface area (Å²) in [5, 5.41) is 3.45. The molecule has 8 heteroatoms. The fraction of sp³-hybridized carbons (Fsp3) is 0.316. The maximum Gasteiger partial charge on any atom is 0.255 e. The van der Waals surface area contributed by atoms with Gasteiger partial charge in [-0.1, -0.05) is 35.7 Å². The highest BCUT2D eigenvalue weighted by Gasteiger charge is 2.31. The number of piperidine rings is 1. The average Bonchev–Trinajstić information content (AvgIpc) is 2.65. The minimum absolute atomic E-state index is 0.0495. The Hall–Kier alpha value is -1.60. The van der Waals surface area contributed by atoms with Gasteiger partial charge in [-0.05, 0) is 56.2 Å². The molecule has 0 aliphatic carbocycles. The Bertz CT molecular complexity index is 963. The van der Waals surface area contributed by atoms with Crippen molar-refractivity contribution in [3.63, 3.8) is 0 Å². The van der Waals surface area contributed by atoms with Crippen molar-refractivity contribution in [1.82, 2.24) is 4.31 Å². The normalized spacial score (nSPS) is 18.3. The van der Waals surface area contributed by atoms with Gasteiger partial charge < -0.3 is 5.32 Å². The predicted molar refractivity (Wildman–Crippen MR) is 108 cm³/mol. The number of carbonyl (C=O) groups is 1. The first-order valence-electron chi connectivity index (χ1n) is 8.67. The second-order valence-corrected chi connectivity index (χ2v) is 9.30. The Morgan fingerprint density at radius 2 is 1.93 bits per heavy atom. The van der Waals surface area contributed by atoms with Crippen LogP contribution in [-0.2, 0) is 10.0 Å². The molecule has 0 radical (unpaired) electrons. The van der Waals surface area contributed by atoms with Crippen molar-refractivity contribution in [3.8, 4) is 0 Å². The monoisotopic (exact) mass is 426 g/mol. The molecule has 0 saturated carbocycles. The maximum absolute atomic E-state index is 13.0. The second kappa shape index (κ2) is 8.19. The summed E-state index contributed by atoms with van der Waals surface area (Å²) in [7, 11) is -3.65. The van der Waals surface area contributed by atoms with Gasteiger partial charge in [-0.25, -0.2) is 8.42 Å². The number of nitrogens with zero attached hydrogens (tertiary/aromatic N) is 1. The van der Waals surface area contributed by atoms with E-state index in [9.17, 15) is 13.2 Å². The summed E-state index contributed by atoms with van der Waals surface area (Å²) in [4.78, 5) is 12.7. The molecule has 0 spiro atoms. The number of sulfonamides is 1. The van der Waals surface area contributed by atoms with Crippen molar-refractivity contribution in [1.29, 1.82) is 0 Å². The molecule has 3 rings (SSSR count). The highest BCUT2D eigenvalue weighted by Crippen LogP contribution is 2.28. The van der Waals surface area contributed by atoms with Gasteiger partial charge in [-0.2, -0.15) is 4.31 Å². The van der Waals surface area contributed by atoms with Crippen molar-refractivity contribution in [2.45, 2.75) is 37.1 Å². The van der Waals surface area contributed by atoms with Gasteiger partial charge in [-0.15, -0.1) is 0 Å². The predicted octanol–water partition coefficient (Wildman–Crippen LogP) is 4.81. The minimum atomic E-state index is -3.65. The van der Waals surface area contributed by atoms with E-state index in [0.717, 1.165) is 19.3 Å². The van der Waals surface area contributed by atoms with Gasteiger partial charge in [0.15, 0.2) is 0 Å². The molecule has 2 aromatic rings. The van der Waals surface area contributed by atoms with Crippen molar-refractivity contribution in [3.05, 3.63) is 58.1 Å². The van der Waals surface area contributed by atoms with Crippen LogP contribution >= 0.6 is 23.2 Å². The van der Waals surface area contributed by atoms with E-state index in [1.807, 2.05) is 6.92 Å². The van der Waals surface area contributed by atoms with E-state index in [1.54, 1.807) is 24.3 Å². The Kier molecular flexibility index (Phi) is 6.11. The van der Waals surface area contributed by atoms with Crippen LogP contribution in [0.5, 0.6) is 0 Å². The molecule has 5 nitrogen and oxygen atoms in total. The standard InChI is InChI=1S/C19H20Cl2N2O3S/c1-13-5-2-3-10-23(13)27(25,26)16-7-4-6-14(11-16)19(24)22-18-12-15(20)8-9-17(18)21/h4,6-9,11-13H,2-3,5,10H2,1H3,(H,22,24). The number of hydrogen-bond acceptors (Lipinski definition) is 3. The van der Waals surface area contributed by atoms with E-state index in [0.29, 0.717) is 22.3 Å². The summed E-state index contributed by atoms with van der Waals surface area (Å²) < 4.78 is 27.5. The second-order valence-electron chi connectivity index (χ2n) is 6.57. The zero-order valence-corrected chi connectivity index (χ0v) is 17.1. The van der Waals surface area contributed by atoms with Crippen LogP contribution in [0.1, 0.15) is 36.5 Å². The van der Waals surface area contributed by atoms with Crippen LogP contribution in [0.3, 0.4) is 0 Å². The molecule has 1 amide bonds. The highest BCUT2D eigenvalue weighted by atomic mass is 35.5. The molecule has 1 fully saturated rings. The third kappa shape index (κ3) is 4.46. The summed E-state index contributed by atoms with van der Waals surface area (Å²) in [6, 6.07) is 10.7. The third-order valence-corrected chi connectivity index (χ3v) is 7.20. The maximum atomic E-state index is 13.0. The molecule has 1 heterocycles. The third-order valence-electron chi connectivity index (χ3n) is 4.62. The van der Waals surface area contributed by atoms with E-state index >= 15 is 0 Å². The number of amides is 1. The van der Waals surface area contributed by atoms with Crippen LogP contribution in [-0.4, -0.2) is 31.2 Å². The van der Waals surface area contributed by atoms with E-state index in [4.69, 9.17) is 23.2 Å². The average molecular weight is 427 g/mol. The smallest absolute Gasteiger partial charge is 0.255 e. The van der Waals surface area contributed by atoms with E-state index < -0.39 is 15.9 Å². The number of nitrogens with one attached hydrogen (secondary N) is 1. The summed E-state index contributed by atoms with van der Waals surface area (Å²) in [5.41, 5.74) is 0.601. The molecule has 0 bridgehead atoms. The summed E-state index contributed by atoms with van der Waals surface area (Å²) in [6.07, 6.45) is 2.71. The van der Waals surface area contributed by atoms with Gasteiger partial charge in [0.2, 0.25) is 10.0 Å². The Morgan fingerprint density at radius 3 is 2.67 bits per heavy atom. The number of benzene rings is 2. The fourth-order valence-corrected chi connectivity index (χ4v) is 5.23. The van der Waals surface area contributed by atoms with Gasteiger partial charge in [0, 0.05) is 23.2 Å². The topological polar surface area (TPSA) is 66.5 Å². The van der Waals surface area contributed by atoms with Crippen LogP contribution in [0.25, 0.3) is 0 Å². The summed E-state index contributed by atoms with van der Waals surface area (Å²) >= 11 is 12.0.